The molecule has 2 aromatic rings. The summed E-state index contributed by atoms with van der Waals surface area (Å²) in [6, 6.07) is 12.2. The molecule has 0 aromatic heterocycles. The maximum absolute atomic E-state index is 13.2. The maximum Gasteiger partial charge on any atom is 0.246 e. The molecular weight excluding hydrogens is 532 g/mol. The standard InChI is InChI=1S/C34H38N2O6/c37-31(35-15-3-1-4-16-35)13-9-25-33(23-7-11-27-29(19-23)41-21-39-27)26(10-14-32(38)36-17-5-2-6-18-36)34(25)24-8-12-28-30(20-24)42-22-40-28/h7-14,19-20,25-26,33-34H,1-6,15-18,21-22H2/b13-9+,14-10+/t25-,26-,33-,34-. The average Bonchev–Trinajstić information content (AvgIpc) is 3.70. The van der Waals surface area contributed by atoms with Crippen LogP contribution < -0.4 is 18.9 Å². The van der Waals surface area contributed by atoms with Gasteiger partial charge in [-0.3, -0.25) is 9.59 Å². The number of benzene rings is 2. The molecule has 220 valence electrons. The van der Waals surface area contributed by atoms with Crippen LogP contribution in [0.15, 0.2) is 60.7 Å². The Kier molecular flexibility index (Phi) is 7.53. The summed E-state index contributed by atoms with van der Waals surface area (Å²) in [5.41, 5.74) is 2.22. The highest BCUT2D eigenvalue weighted by Crippen LogP contribution is 2.60. The third kappa shape index (κ3) is 5.23. The van der Waals surface area contributed by atoms with Gasteiger partial charge >= 0.3 is 0 Å². The summed E-state index contributed by atoms with van der Waals surface area (Å²) in [6.07, 6.45) is 14.3. The van der Waals surface area contributed by atoms with Crippen LogP contribution in [-0.2, 0) is 9.59 Å². The van der Waals surface area contributed by atoms with Crippen LogP contribution in [0.5, 0.6) is 23.0 Å². The van der Waals surface area contributed by atoms with Crippen LogP contribution in [0.2, 0.25) is 0 Å². The monoisotopic (exact) mass is 570 g/mol. The molecule has 8 heteroatoms. The molecule has 0 radical (unpaired) electrons. The van der Waals surface area contributed by atoms with Crippen molar-refractivity contribution in [3.63, 3.8) is 0 Å². The molecular formula is C34H38N2O6. The lowest BCUT2D eigenvalue weighted by molar-refractivity contribution is -0.127. The Morgan fingerprint density at radius 2 is 0.976 bits per heavy atom. The van der Waals surface area contributed by atoms with E-state index in [4.69, 9.17) is 18.9 Å². The summed E-state index contributed by atoms with van der Waals surface area (Å²) in [6.45, 7) is 3.68. The number of fused-ring (bicyclic) bond motifs is 2. The molecule has 2 saturated heterocycles. The number of carbonyl (C=O) groups excluding carboxylic acids is 2. The van der Waals surface area contributed by atoms with E-state index in [1.807, 2.05) is 21.9 Å². The lowest BCUT2D eigenvalue weighted by Gasteiger charge is -2.51. The minimum Gasteiger partial charge on any atom is -0.454 e. The van der Waals surface area contributed by atoms with Crippen LogP contribution in [0, 0.1) is 11.8 Å². The van der Waals surface area contributed by atoms with Crippen LogP contribution in [0.3, 0.4) is 0 Å². The predicted octanol–water partition coefficient (Wildman–Crippen LogP) is 5.39. The largest absolute Gasteiger partial charge is 0.454 e. The highest BCUT2D eigenvalue weighted by atomic mass is 16.7. The highest BCUT2D eigenvalue weighted by Gasteiger charge is 2.50. The second-order valence-corrected chi connectivity index (χ2v) is 11.9. The van der Waals surface area contributed by atoms with Crippen LogP contribution >= 0.6 is 0 Å². The first-order valence-electron chi connectivity index (χ1n) is 15.4. The van der Waals surface area contributed by atoms with Crippen LogP contribution in [0.4, 0.5) is 0 Å². The van der Waals surface area contributed by atoms with E-state index in [1.54, 1.807) is 12.2 Å². The maximum atomic E-state index is 13.2. The Bertz CT molecular complexity index is 1280. The third-order valence-corrected chi connectivity index (χ3v) is 9.48. The lowest BCUT2D eigenvalue weighted by atomic mass is 9.52. The number of carbonyl (C=O) groups is 2. The van der Waals surface area contributed by atoms with Crippen molar-refractivity contribution in [2.24, 2.45) is 11.8 Å². The van der Waals surface area contributed by atoms with Gasteiger partial charge in [0.2, 0.25) is 25.4 Å². The van der Waals surface area contributed by atoms with Crippen LogP contribution in [-0.4, -0.2) is 61.4 Å². The van der Waals surface area contributed by atoms with Crippen molar-refractivity contribution in [1.82, 2.24) is 9.80 Å². The zero-order chi connectivity index (χ0) is 28.5. The number of hydrogen-bond donors (Lipinski definition) is 0. The van der Waals surface area contributed by atoms with E-state index >= 15 is 0 Å². The van der Waals surface area contributed by atoms with E-state index < -0.39 is 0 Å². The SMILES string of the molecule is O=C(/C=C/[C@H]1[C@H](c2ccc3c(c2)OCO3)[C@H](/C=C/C(=O)N2CCCCC2)[C@H]1c1ccc2c(c1)OCO2)N1CCCCC1. The Labute approximate surface area is 246 Å². The zero-order valence-electron chi connectivity index (χ0n) is 23.9. The fraction of sp³-hybridized carbons (Fsp3) is 0.471. The molecule has 1 saturated carbocycles. The molecule has 1 aliphatic carbocycles. The second-order valence-electron chi connectivity index (χ2n) is 11.9. The van der Waals surface area contributed by atoms with Gasteiger partial charge in [0.1, 0.15) is 0 Å². The minimum atomic E-state index is 0.0271. The lowest BCUT2D eigenvalue weighted by Crippen LogP contribution is -2.42. The molecule has 5 aliphatic rings. The van der Waals surface area contributed by atoms with Gasteiger partial charge in [-0.2, -0.15) is 0 Å². The normalized spacial score (nSPS) is 26.6. The molecule has 0 atom stereocenters. The smallest absolute Gasteiger partial charge is 0.246 e. The van der Waals surface area contributed by atoms with Gasteiger partial charge < -0.3 is 28.7 Å². The van der Waals surface area contributed by atoms with Gasteiger partial charge in [0.05, 0.1) is 0 Å². The number of allylic oxidation sites excluding steroid dienone is 2. The molecule has 7 rings (SSSR count). The van der Waals surface area contributed by atoms with E-state index in [9.17, 15) is 9.59 Å². The first-order valence-corrected chi connectivity index (χ1v) is 15.4. The quantitative estimate of drug-likeness (QED) is 0.433. The van der Waals surface area contributed by atoms with Crippen molar-refractivity contribution < 1.29 is 28.5 Å². The molecule has 4 aliphatic heterocycles. The van der Waals surface area contributed by atoms with E-state index in [1.165, 1.54) is 12.8 Å². The van der Waals surface area contributed by atoms with Gasteiger partial charge in [-0.15, -0.1) is 0 Å². The minimum absolute atomic E-state index is 0.0271. The van der Waals surface area contributed by atoms with Crippen molar-refractivity contribution in [2.45, 2.75) is 50.4 Å². The van der Waals surface area contributed by atoms with Crippen LogP contribution in [0.1, 0.15) is 61.5 Å². The van der Waals surface area contributed by atoms with Crippen molar-refractivity contribution in [3.05, 3.63) is 71.8 Å². The van der Waals surface area contributed by atoms with Crippen molar-refractivity contribution in [3.8, 4) is 23.0 Å². The Morgan fingerprint density at radius 1 is 0.571 bits per heavy atom. The average molecular weight is 571 g/mol. The van der Waals surface area contributed by atoms with E-state index in [0.29, 0.717) is 0 Å². The summed E-state index contributed by atoms with van der Waals surface area (Å²) >= 11 is 0. The predicted molar refractivity (Wildman–Crippen MR) is 157 cm³/mol. The second kappa shape index (κ2) is 11.7. The first-order chi connectivity index (χ1) is 20.7. The third-order valence-electron chi connectivity index (χ3n) is 9.48. The van der Waals surface area contributed by atoms with Gasteiger partial charge in [0, 0.05) is 26.2 Å². The number of likely N-dealkylation sites (tertiary alicyclic amines) is 2. The van der Waals surface area contributed by atoms with Gasteiger partial charge in [0.15, 0.2) is 23.0 Å². The summed E-state index contributed by atoms with van der Waals surface area (Å²) < 4.78 is 22.6. The number of amides is 2. The Morgan fingerprint density at radius 3 is 1.40 bits per heavy atom. The first kappa shape index (κ1) is 26.9. The molecule has 42 heavy (non-hydrogen) atoms. The van der Waals surface area contributed by atoms with Gasteiger partial charge in [-0.25, -0.2) is 0 Å². The fourth-order valence-corrected chi connectivity index (χ4v) is 7.25. The topological polar surface area (TPSA) is 77.5 Å². The van der Waals surface area contributed by atoms with E-state index in [0.717, 1.165) is 86.0 Å². The molecule has 8 nitrogen and oxygen atoms in total. The van der Waals surface area contributed by atoms with Crippen molar-refractivity contribution in [2.75, 3.05) is 39.8 Å². The molecule has 0 spiro atoms. The van der Waals surface area contributed by atoms with Gasteiger partial charge in [-0.1, -0.05) is 24.3 Å². The highest BCUT2D eigenvalue weighted by molar-refractivity contribution is 5.88. The molecule has 0 unspecified atom stereocenters. The molecule has 2 amide bonds. The molecule has 2 aromatic carbocycles. The number of rotatable bonds is 6. The van der Waals surface area contributed by atoms with E-state index in [2.05, 4.69) is 36.4 Å². The van der Waals surface area contributed by atoms with Crippen molar-refractivity contribution >= 4 is 11.8 Å². The summed E-state index contributed by atoms with van der Waals surface area (Å²) in [7, 11) is 0. The Balaban J connectivity index is 1.24. The summed E-state index contributed by atoms with van der Waals surface area (Å²) in [5, 5.41) is 0. The van der Waals surface area contributed by atoms with E-state index in [-0.39, 0.29) is 49.1 Å². The van der Waals surface area contributed by atoms with Gasteiger partial charge in [0.25, 0.3) is 0 Å². The zero-order valence-corrected chi connectivity index (χ0v) is 23.9. The fourth-order valence-electron chi connectivity index (χ4n) is 7.25. The number of hydrogen-bond acceptors (Lipinski definition) is 6. The Hall–Kier alpha value is -3.94. The summed E-state index contributed by atoms with van der Waals surface area (Å²) in [5.74, 6) is 3.24. The molecule has 0 N–H and O–H groups in total. The number of piperidine rings is 2. The summed E-state index contributed by atoms with van der Waals surface area (Å²) in [4.78, 5) is 30.3. The van der Waals surface area contributed by atoms with Gasteiger partial charge in [-0.05, 0) is 110 Å². The number of ether oxygens (including phenoxy) is 4. The molecule has 4 heterocycles. The van der Waals surface area contributed by atoms with Crippen molar-refractivity contribution in [1.29, 1.82) is 0 Å². The number of nitrogens with zero attached hydrogens (tertiary/aromatic N) is 2. The molecule has 3 fully saturated rings. The molecule has 0 bridgehead atoms. The van der Waals surface area contributed by atoms with Crippen LogP contribution in [0.25, 0.3) is 0 Å².